The van der Waals surface area contributed by atoms with E-state index in [1.807, 2.05) is 7.05 Å². The predicted octanol–water partition coefficient (Wildman–Crippen LogP) is 1.86. The van der Waals surface area contributed by atoms with E-state index in [1.54, 1.807) is 0 Å². The highest BCUT2D eigenvalue weighted by Gasteiger charge is 2.22. The van der Waals surface area contributed by atoms with Crippen LogP contribution in [0.1, 0.15) is 12.5 Å². The SMILES string of the molecule is CNCc1ccc(N2CC(C)C2)cc1. The lowest BCUT2D eigenvalue weighted by Crippen LogP contribution is -2.45. The fraction of sp³-hybridized carbons (Fsp3) is 0.500. The van der Waals surface area contributed by atoms with Crippen LogP contribution in [0.25, 0.3) is 0 Å². The van der Waals surface area contributed by atoms with E-state index >= 15 is 0 Å². The molecule has 0 spiro atoms. The van der Waals surface area contributed by atoms with Crippen molar-refractivity contribution in [3.8, 4) is 0 Å². The van der Waals surface area contributed by atoms with Crippen molar-refractivity contribution in [3.05, 3.63) is 29.8 Å². The molecule has 0 amide bonds. The minimum atomic E-state index is 0.868. The van der Waals surface area contributed by atoms with Crippen LogP contribution in [0.4, 0.5) is 5.69 Å². The van der Waals surface area contributed by atoms with E-state index in [0.717, 1.165) is 12.5 Å². The number of nitrogens with one attached hydrogen (secondary N) is 1. The van der Waals surface area contributed by atoms with Crippen LogP contribution < -0.4 is 10.2 Å². The second-order valence-electron chi connectivity index (χ2n) is 4.21. The van der Waals surface area contributed by atoms with Crippen LogP contribution in [0, 0.1) is 5.92 Å². The molecule has 0 saturated carbocycles. The van der Waals surface area contributed by atoms with Gasteiger partial charge in [-0.2, -0.15) is 0 Å². The van der Waals surface area contributed by atoms with Crippen molar-refractivity contribution >= 4 is 5.69 Å². The molecule has 1 aliphatic rings. The largest absolute Gasteiger partial charge is 0.371 e. The summed E-state index contributed by atoms with van der Waals surface area (Å²) in [6.07, 6.45) is 0. The van der Waals surface area contributed by atoms with Gasteiger partial charge in [-0.25, -0.2) is 0 Å². The molecule has 1 aliphatic heterocycles. The summed E-state index contributed by atoms with van der Waals surface area (Å²) in [6.45, 7) is 5.68. The van der Waals surface area contributed by atoms with Crippen LogP contribution in [-0.2, 0) is 6.54 Å². The van der Waals surface area contributed by atoms with Crippen LogP contribution in [-0.4, -0.2) is 20.1 Å². The summed E-state index contributed by atoms with van der Waals surface area (Å²) in [5, 5.41) is 3.15. The molecule has 1 saturated heterocycles. The normalized spacial score (nSPS) is 16.9. The molecule has 1 heterocycles. The molecule has 0 aromatic heterocycles. The van der Waals surface area contributed by atoms with Gasteiger partial charge in [-0.15, -0.1) is 0 Å². The Morgan fingerprint density at radius 2 is 1.93 bits per heavy atom. The van der Waals surface area contributed by atoms with Crippen LogP contribution in [0.15, 0.2) is 24.3 Å². The second-order valence-corrected chi connectivity index (χ2v) is 4.21. The fourth-order valence-corrected chi connectivity index (χ4v) is 1.94. The summed E-state index contributed by atoms with van der Waals surface area (Å²) in [4.78, 5) is 2.42. The molecule has 1 fully saturated rings. The molecule has 14 heavy (non-hydrogen) atoms. The molecule has 0 radical (unpaired) electrons. The van der Waals surface area contributed by atoms with Crippen molar-refractivity contribution in [1.29, 1.82) is 0 Å². The zero-order chi connectivity index (χ0) is 9.97. The Bertz CT molecular complexity index is 286. The Kier molecular flexibility index (Phi) is 2.73. The number of benzene rings is 1. The quantitative estimate of drug-likeness (QED) is 0.782. The lowest BCUT2D eigenvalue weighted by atomic mass is 10.0. The van der Waals surface area contributed by atoms with Crippen LogP contribution in [0.5, 0.6) is 0 Å². The van der Waals surface area contributed by atoms with E-state index < -0.39 is 0 Å². The molecule has 2 nitrogen and oxygen atoms in total. The lowest BCUT2D eigenvalue weighted by molar-refractivity contribution is 0.447. The molecule has 1 N–H and O–H groups in total. The van der Waals surface area contributed by atoms with Crippen LogP contribution in [0.2, 0.25) is 0 Å². The first-order valence-electron chi connectivity index (χ1n) is 5.28. The minimum Gasteiger partial charge on any atom is -0.371 e. The molecular weight excluding hydrogens is 172 g/mol. The summed E-state index contributed by atoms with van der Waals surface area (Å²) in [7, 11) is 1.98. The van der Waals surface area contributed by atoms with Crippen molar-refractivity contribution in [3.63, 3.8) is 0 Å². The maximum absolute atomic E-state index is 3.15. The number of anilines is 1. The molecule has 2 rings (SSSR count). The van der Waals surface area contributed by atoms with Crippen molar-refractivity contribution in [2.24, 2.45) is 5.92 Å². The van der Waals surface area contributed by atoms with Gasteiger partial charge in [0.15, 0.2) is 0 Å². The molecule has 76 valence electrons. The number of nitrogens with zero attached hydrogens (tertiary/aromatic N) is 1. The highest BCUT2D eigenvalue weighted by atomic mass is 15.2. The van der Waals surface area contributed by atoms with Crippen molar-refractivity contribution in [1.82, 2.24) is 5.32 Å². The number of rotatable bonds is 3. The Morgan fingerprint density at radius 3 is 2.43 bits per heavy atom. The van der Waals surface area contributed by atoms with Gasteiger partial charge in [0.1, 0.15) is 0 Å². The van der Waals surface area contributed by atoms with Gasteiger partial charge in [0.05, 0.1) is 0 Å². The first-order chi connectivity index (χ1) is 6.79. The Balaban J connectivity index is 1.99. The van der Waals surface area contributed by atoms with E-state index in [4.69, 9.17) is 0 Å². The number of hydrogen-bond acceptors (Lipinski definition) is 2. The Labute approximate surface area is 85.9 Å². The van der Waals surface area contributed by atoms with Gasteiger partial charge in [-0.1, -0.05) is 19.1 Å². The average molecular weight is 190 g/mol. The average Bonchev–Trinajstić information content (AvgIpc) is 2.15. The highest BCUT2D eigenvalue weighted by molar-refractivity contribution is 5.49. The number of hydrogen-bond donors (Lipinski definition) is 1. The van der Waals surface area contributed by atoms with E-state index in [2.05, 4.69) is 41.4 Å². The predicted molar refractivity (Wildman–Crippen MR) is 60.6 cm³/mol. The summed E-state index contributed by atoms with van der Waals surface area (Å²) in [5.41, 5.74) is 2.72. The molecule has 0 aliphatic carbocycles. The van der Waals surface area contributed by atoms with Crippen molar-refractivity contribution < 1.29 is 0 Å². The standard InChI is InChI=1S/C12H18N2/c1-10-8-14(9-10)12-5-3-11(4-6-12)7-13-2/h3-6,10,13H,7-9H2,1-2H3. The zero-order valence-electron chi connectivity index (χ0n) is 8.96. The minimum absolute atomic E-state index is 0.868. The summed E-state index contributed by atoms with van der Waals surface area (Å²) < 4.78 is 0. The highest BCUT2D eigenvalue weighted by Crippen LogP contribution is 2.24. The van der Waals surface area contributed by atoms with Gasteiger partial charge in [-0.05, 0) is 30.7 Å². The third kappa shape index (κ3) is 1.90. The molecule has 0 bridgehead atoms. The van der Waals surface area contributed by atoms with Gasteiger partial charge in [0.2, 0.25) is 0 Å². The monoisotopic (exact) mass is 190 g/mol. The molecule has 2 heteroatoms. The molecule has 0 atom stereocenters. The van der Waals surface area contributed by atoms with Gasteiger partial charge < -0.3 is 10.2 Å². The summed E-state index contributed by atoms with van der Waals surface area (Å²) in [6, 6.07) is 8.85. The summed E-state index contributed by atoms with van der Waals surface area (Å²) in [5.74, 6) is 0.868. The van der Waals surface area contributed by atoms with Crippen LogP contribution >= 0.6 is 0 Å². The van der Waals surface area contributed by atoms with E-state index in [1.165, 1.54) is 24.3 Å². The zero-order valence-corrected chi connectivity index (χ0v) is 8.96. The van der Waals surface area contributed by atoms with Gasteiger partial charge in [0.25, 0.3) is 0 Å². The second kappa shape index (κ2) is 4.01. The first-order valence-corrected chi connectivity index (χ1v) is 5.28. The maximum atomic E-state index is 3.15. The molecule has 1 aromatic carbocycles. The Morgan fingerprint density at radius 1 is 1.29 bits per heavy atom. The van der Waals surface area contributed by atoms with Crippen LogP contribution in [0.3, 0.4) is 0 Å². The molecule has 1 aromatic rings. The third-order valence-corrected chi connectivity index (χ3v) is 2.75. The summed E-state index contributed by atoms with van der Waals surface area (Å²) >= 11 is 0. The van der Waals surface area contributed by atoms with Crippen molar-refractivity contribution in [2.45, 2.75) is 13.5 Å². The van der Waals surface area contributed by atoms with Gasteiger partial charge in [0, 0.05) is 25.3 Å². The molecule has 0 unspecified atom stereocenters. The topological polar surface area (TPSA) is 15.3 Å². The van der Waals surface area contributed by atoms with E-state index in [9.17, 15) is 0 Å². The third-order valence-electron chi connectivity index (χ3n) is 2.75. The van der Waals surface area contributed by atoms with Gasteiger partial charge in [-0.3, -0.25) is 0 Å². The van der Waals surface area contributed by atoms with Gasteiger partial charge >= 0.3 is 0 Å². The first kappa shape index (κ1) is 9.53. The maximum Gasteiger partial charge on any atom is 0.0366 e. The fourth-order valence-electron chi connectivity index (χ4n) is 1.94. The van der Waals surface area contributed by atoms with E-state index in [0.29, 0.717) is 0 Å². The van der Waals surface area contributed by atoms with Crippen molar-refractivity contribution in [2.75, 3.05) is 25.0 Å². The Hall–Kier alpha value is -1.02. The molecular formula is C12H18N2. The smallest absolute Gasteiger partial charge is 0.0366 e. The lowest BCUT2D eigenvalue weighted by Gasteiger charge is -2.39. The van der Waals surface area contributed by atoms with E-state index in [-0.39, 0.29) is 0 Å².